The number of nitrogens with two attached hydrogens (primary N) is 1. The molecule has 112 valence electrons. The van der Waals surface area contributed by atoms with Gasteiger partial charge in [0, 0.05) is 18.2 Å². The van der Waals surface area contributed by atoms with E-state index in [1.54, 1.807) is 7.11 Å². The van der Waals surface area contributed by atoms with Gasteiger partial charge >= 0.3 is 0 Å². The monoisotopic (exact) mass is 278 g/mol. The topological polar surface area (TPSA) is 47.7 Å². The van der Waals surface area contributed by atoms with Gasteiger partial charge in [0.25, 0.3) is 0 Å². The second-order valence-corrected chi connectivity index (χ2v) is 5.22. The third-order valence-corrected chi connectivity index (χ3v) is 4.39. The molecule has 0 saturated carbocycles. The van der Waals surface area contributed by atoms with Crippen LogP contribution in [0.25, 0.3) is 0 Å². The standard InChI is InChI=1S/C16H26N2O2/c1-4-18(5-2)16(12-17)9-6-10-20-15-11-13(19-3)7-8-14(15)16/h7-8,11H,4-6,9-10,12,17H2,1-3H3. The van der Waals surface area contributed by atoms with Gasteiger partial charge in [0.15, 0.2) is 0 Å². The van der Waals surface area contributed by atoms with Crippen molar-refractivity contribution in [1.82, 2.24) is 4.90 Å². The van der Waals surface area contributed by atoms with Crippen LogP contribution in [0.1, 0.15) is 32.3 Å². The van der Waals surface area contributed by atoms with Gasteiger partial charge in [0.2, 0.25) is 0 Å². The summed E-state index contributed by atoms with van der Waals surface area (Å²) in [6.45, 7) is 7.70. The molecule has 0 bridgehead atoms. The number of methoxy groups -OCH3 is 1. The summed E-state index contributed by atoms with van der Waals surface area (Å²) in [5.41, 5.74) is 7.29. The SMILES string of the molecule is CCN(CC)C1(CN)CCCOc2cc(OC)ccc21. The minimum atomic E-state index is -0.123. The van der Waals surface area contributed by atoms with E-state index in [9.17, 15) is 0 Å². The maximum atomic E-state index is 6.22. The molecule has 1 aromatic rings. The van der Waals surface area contributed by atoms with Crippen molar-refractivity contribution in [2.45, 2.75) is 32.2 Å². The van der Waals surface area contributed by atoms with E-state index >= 15 is 0 Å². The van der Waals surface area contributed by atoms with E-state index in [0.717, 1.165) is 44.0 Å². The van der Waals surface area contributed by atoms with E-state index in [1.807, 2.05) is 12.1 Å². The number of rotatable bonds is 5. The Morgan fingerprint density at radius 1 is 1.35 bits per heavy atom. The summed E-state index contributed by atoms with van der Waals surface area (Å²) in [7, 11) is 1.68. The fourth-order valence-corrected chi connectivity index (χ4v) is 3.31. The van der Waals surface area contributed by atoms with E-state index in [0.29, 0.717) is 6.54 Å². The average Bonchev–Trinajstić information content (AvgIpc) is 2.68. The molecular formula is C16H26N2O2. The summed E-state index contributed by atoms with van der Waals surface area (Å²) in [6, 6.07) is 6.10. The van der Waals surface area contributed by atoms with Gasteiger partial charge in [-0.15, -0.1) is 0 Å². The lowest BCUT2D eigenvalue weighted by atomic mass is 9.83. The lowest BCUT2D eigenvalue weighted by Gasteiger charge is -2.42. The van der Waals surface area contributed by atoms with E-state index in [1.165, 1.54) is 5.56 Å². The van der Waals surface area contributed by atoms with Crippen LogP contribution < -0.4 is 15.2 Å². The number of nitrogens with zero attached hydrogens (tertiary/aromatic N) is 1. The van der Waals surface area contributed by atoms with Crippen LogP contribution in [-0.2, 0) is 5.54 Å². The molecule has 2 N–H and O–H groups in total. The Morgan fingerprint density at radius 3 is 2.70 bits per heavy atom. The minimum absolute atomic E-state index is 0.123. The highest BCUT2D eigenvalue weighted by Gasteiger charge is 2.39. The second-order valence-electron chi connectivity index (χ2n) is 5.22. The molecule has 0 spiro atoms. The Morgan fingerprint density at radius 2 is 2.10 bits per heavy atom. The van der Waals surface area contributed by atoms with Crippen molar-refractivity contribution in [3.05, 3.63) is 23.8 Å². The van der Waals surface area contributed by atoms with Gasteiger partial charge in [-0.1, -0.05) is 13.8 Å². The van der Waals surface area contributed by atoms with Crippen LogP contribution >= 0.6 is 0 Å². The summed E-state index contributed by atoms with van der Waals surface area (Å²) >= 11 is 0. The maximum Gasteiger partial charge on any atom is 0.128 e. The average molecular weight is 278 g/mol. The Kier molecular flexibility index (Phi) is 4.89. The van der Waals surface area contributed by atoms with Gasteiger partial charge in [0.1, 0.15) is 11.5 Å². The van der Waals surface area contributed by atoms with Gasteiger partial charge in [-0.05, 0) is 38.1 Å². The lowest BCUT2D eigenvalue weighted by molar-refractivity contribution is 0.0953. The van der Waals surface area contributed by atoms with Crippen molar-refractivity contribution in [3.63, 3.8) is 0 Å². The van der Waals surface area contributed by atoms with Crippen LogP contribution in [0, 0.1) is 0 Å². The van der Waals surface area contributed by atoms with Crippen molar-refractivity contribution in [1.29, 1.82) is 0 Å². The normalized spacial score (nSPS) is 22.1. The second kappa shape index (κ2) is 6.46. The predicted octanol–water partition coefficient (Wildman–Crippen LogP) is 2.36. The zero-order valence-electron chi connectivity index (χ0n) is 12.8. The molecule has 1 atom stereocenters. The van der Waals surface area contributed by atoms with Crippen LogP contribution in [0.3, 0.4) is 0 Å². The highest BCUT2D eigenvalue weighted by Crippen LogP contribution is 2.41. The molecule has 4 nitrogen and oxygen atoms in total. The molecule has 20 heavy (non-hydrogen) atoms. The lowest BCUT2D eigenvalue weighted by Crippen LogP contribution is -2.51. The van der Waals surface area contributed by atoms with Gasteiger partial charge in [-0.3, -0.25) is 4.90 Å². The molecule has 1 aliphatic heterocycles. The number of ether oxygens (including phenoxy) is 2. The van der Waals surface area contributed by atoms with Crippen LogP contribution in [0.15, 0.2) is 18.2 Å². The Bertz CT molecular complexity index is 446. The molecule has 0 amide bonds. The third-order valence-electron chi connectivity index (χ3n) is 4.39. The number of likely N-dealkylation sites (N-methyl/N-ethyl adjacent to an activating group) is 1. The molecule has 2 rings (SSSR count). The Labute approximate surface area is 121 Å². The van der Waals surface area contributed by atoms with Crippen LogP contribution in [0.5, 0.6) is 11.5 Å². The van der Waals surface area contributed by atoms with Gasteiger partial charge in [0.05, 0.1) is 19.3 Å². The molecular weight excluding hydrogens is 252 g/mol. The Hall–Kier alpha value is -1.26. The molecule has 0 fully saturated rings. The summed E-state index contributed by atoms with van der Waals surface area (Å²) in [4.78, 5) is 2.45. The molecule has 1 unspecified atom stereocenters. The van der Waals surface area contributed by atoms with Crippen LogP contribution in [0.2, 0.25) is 0 Å². The van der Waals surface area contributed by atoms with Gasteiger partial charge < -0.3 is 15.2 Å². The summed E-state index contributed by atoms with van der Waals surface area (Å²) in [5.74, 6) is 1.75. The van der Waals surface area contributed by atoms with Crippen molar-refractivity contribution >= 4 is 0 Å². The van der Waals surface area contributed by atoms with Crippen molar-refractivity contribution in [2.75, 3.05) is 33.4 Å². The van der Waals surface area contributed by atoms with E-state index < -0.39 is 0 Å². The molecule has 1 aliphatic rings. The number of benzene rings is 1. The van der Waals surface area contributed by atoms with Crippen molar-refractivity contribution in [2.24, 2.45) is 5.73 Å². The first-order valence-electron chi connectivity index (χ1n) is 7.48. The Balaban J connectivity index is 2.53. The van der Waals surface area contributed by atoms with E-state index in [-0.39, 0.29) is 5.54 Å². The fraction of sp³-hybridized carbons (Fsp3) is 0.625. The first-order chi connectivity index (χ1) is 9.71. The third kappa shape index (κ3) is 2.50. The zero-order valence-corrected chi connectivity index (χ0v) is 12.8. The fourth-order valence-electron chi connectivity index (χ4n) is 3.31. The largest absolute Gasteiger partial charge is 0.497 e. The smallest absolute Gasteiger partial charge is 0.128 e. The van der Waals surface area contributed by atoms with Gasteiger partial charge in [-0.25, -0.2) is 0 Å². The van der Waals surface area contributed by atoms with Crippen molar-refractivity contribution in [3.8, 4) is 11.5 Å². The molecule has 0 radical (unpaired) electrons. The highest BCUT2D eigenvalue weighted by atomic mass is 16.5. The number of hydrogen-bond acceptors (Lipinski definition) is 4. The molecule has 1 aromatic carbocycles. The molecule has 0 saturated heterocycles. The predicted molar refractivity (Wildman–Crippen MR) is 81.4 cm³/mol. The summed E-state index contributed by atoms with van der Waals surface area (Å²) in [6.07, 6.45) is 2.05. The first kappa shape index (κ1) is 15.1. The first-order valence-corrected chi connectivity index (χ1v) is 7.48. The highest BCUT2D eigenvalue weighted by molar-refractivity contribution is 5.45. The van der Waals surface area contributed by atoms with Crippen LogP contribution in [0.4, 0.5) is 0 Å². The van der Waals surface area contributed by atoms with E-state index in [2.05, 4.69) is 24.8 Å². The van der Waals surface area contributed by atoms with Gasteiger partial charge in [-0.2, -0.15) is 0 Å². The van der Waals surface area contributed by atoms with Crippen LogP contribution in [-0.4, -0.2) is 38.3 Å². The maximum absolute atomic E-state index is 6.22. The molecule has 4 heteroatoms. The zero-order chi connectivity index (χ0) is 14.6. The summed E-state index contributed by atoms with van der Waals surface area (Å²) in [5, 5.41) is 0. The minimum Gasteiger partial charge on any atom is -0.497 e. The van der Waals surface area contributed by atoms with E-state index in [4.69, 9.17) is 15.2 Å². The quantitative estimate of drug-likeness (QED) is 0.898. The molecule has 0 aromatic heterocycles. The molecule has 0 aliphatic carbocycles. The number of fused-ring (bicyclic) bond motifs is 1. The summed E-state index contributed by atoms with van der Waals surface area (Å²) < 4.78 is 11.2. The van der Waals surface area contributed by atoms with Crippen molar-refractivity contribution < 1.29 is 9.47 Å². The number of hydrogen-bond donors (Lipinski definition) is 1. The molecule has 1 heterocycles.